The number of hydrogen-bond acceptors (Lipinski definition) is 4. The Labute approximate surface area is 162 Å². The molecule has 1 saturated heterocycles. The minimum absolute atomic E-state index is 0.0664. The maximum Gasteiger partial charge on any atom is 0.262 e. The first-order valence-corrected chi connectivity index (χ1v) is 10.3. The van der Waals surface area contributed by atoms with Crippen LogP contribution in [0.4, 0.5) is 0 Å². The number of piperidine rings is 1. The third-order valence-electron chi connectivity index (χ3n) is 5.20. The topological polar surface area (TPSA) is 55.2 Å². The molecule has 0 saturated carbocycles. The maximum absolute atomic E-state index is 13.0. The van der Waals surface area contributed by atoms with E-state index in [0.29, 0.717) is 18.4 Å². The largest absolute Gasteiger partial charge is 0.343 e. The highest BCUT2D eigenvalue weighted by Crippen LogP contribution is 2.30. The van der Waals surface area contributed by atoms with E-state index < -0.39 is 0 Å². The van der Waals surface area contributed by atoms with Gasteiger partial charge in [-0.25, -0.2) is 4.98 Å². The molecule has 5 nitrogen and oxygen atoms in total. The van der Waals surface area contributed by atoms with E-state index in [1.54, 1.807) is 10.9 Å². The number of fused-ring (bicyclic) bond motifs is 1. The Morgan fingerprint density at radius 1 is 1.15 bits per heavy atom. The summed E-state index contributed by atoms with van der Waals surface area (Å²) in [6, 6.07) is 8.16. The molecule has 27 heavy (non-hydrogen) atoms. The van der Waals surface area contributed by atoms with Gasteiger partial charge in [0.15, 0.2) is 0 Å². The Balaban J connectivity index is 1.60. The van der Waals surface area contributed by atoms with Crippen molar-refractivity contribution in [1.29, 1.82) is 0 Å². The van der Waals surface area contributed by atoms with Crippen LogP contribution in [0.1, 0.15) is 31.2 Å². The number of carbonyl (C=O) groups is 1. The maximum atomic E-state index is 13.0. The number of rotatable bonds is 4. The van der Waals surface area contributed by atoms with Crippen LogP contribution in [-0.2, 0) is 11.3 Å². The lowest BCUT2D eigenvalue weighted by Gasteiger charge is -2.26. The van der Waals surface area contributed by atoms with Gasteiger partial charge in [-0.15, -0.1) is 11.3 Å². The molecule has 3 heterocycles. The van der Waals surface area contributed by atoms with Gasteiger partial charge in [0.05, 0.1) is 11.7 Å². The predicted molar refractivity (Wildman–Crippen MR) is 109 cm³/mol. The van der Waals surface area contributed by atoms with E-state index in [-0.39, 0.29) is 11.5 Å². The highest BCUT2D eigenvalue weighted by molar-refractivity contribution is 7.17. The molecule has 2 aromatic heterocycles. The molecule has 3 aromatic rings. The number of amides is 1. The molecule has 0 aliphatic carbocycles. The summed E-state index contributed by atoms with van der Waals surface area (Å²) >= 11 is 1.48. The highest BCUT2D eigenvalue weighted by Gasteiger charge is 2.17. The van der Waals surface area contributed by atoms with E-state index in [1.807, 2.05) is 41.5 Å². The molecule has 1 aromatic carbocycles. The number of benzene rings is 1. The standard InChI is InChI=1S/C21H23N3O2S/c1-15-5-7-16(8-6-15)17-13-27-20-19(17)21(26)24(14-22-20)12-9-18(25)23-10-3-2-4-11-23/h5-8,13-14H,2-4,9-12H2,1H3. The molecule has 0 bridgehead atoms. The number of hydrogen-bond donors (Lipinski definition) is 0. The Kier molecular flexibility index (Phi) is 5.07. The van der Waals surface area contributed by atoms with E-state index in [0.717, 1.165) is 41.9 Å². The van der Waals surface area contributed by atoms with E-state index in [9.17, 15) is 9.59 Å². The predicted octanol–water partition coefficient (Wildman–Crippen LogP) is 3.84. The van der Waals surface area contributed by atoms with Crippen LogP contribution in [0.2, 0.25) is 0 Å². The zero-order chi connectivity index (χ0) is 18.8. The second kappa shape index (κ2) is 7.64. The molecular weight excluding hydrogens is 358 g/mol. The Hall–Kier alpha value is -2.47. The first-order valence-electron chi connectivity index (χ1n) is 9.45. The van der Waals surface area contributed by atoms with Crippen LogP contribution in [0.3, 0.4) is 0 Å². The quantitative estimate of drug-likeness (QED) is 0.690. The Bertz CT molecular complexity index is 1010. The average Bonchev–Trinajstić information content (AvgIpc) is 3.13. The summed E-state index contributed by atoms with van der Waals surface area (Å²) in [5.41, 5.74) is 3.06. The molecule has 1 fully saturated rings. The number of carbonyl (C=O) groups excluding carboxylic acids is 1. The SMILES string of the molecule is Cc1ccc(-c2csc3ncn(CCC(=O)N4CCCCC4)c(=O)c23)cc1. The molecule has 140 valence electrons. The summed E-state index contributed by atoms with van der Waals surface area (Å²) in [7, 11) is 0. The summed E-state index contributed by atoms with van der Waals surface area (Å²) < 4.78 is 1.58. The number of likely N-dealkylation sites (tertiary alicyclic amines) is 1. The van der Waals surface area contributed by atoms with E-state index in [2.05, 4.69) is 4.98 Å². The van der Waals surface area contributed by atoms with Crippen molar-refractivity contribution >= 4 is 27.5 Å². The lowest BCUT2D eigenvalue weighted by molar-refractivity contribution is -0.132. The van der Waals surface area contributed by atoms with Crippen molar-refractivity contribution < 1.29 is 4.79 Å². The number of nitrogens with zero attached hydrogens (tertiary/aromatic N) is 3. The monoisotopic (exact) mass is 381 g/mol. The van der Waals surface area contributed by atoms with E-state index in [4.69, 9.17) is 0 Å². The fourth-order valence-electron chi connectivity index (χ4n) is 3.59. The van der Waals surface area contributed by atoms with Crippen LogP contribution in [-0.4, -0.2) is 33.4 Å². The Morgan fingerprint density at radius 3 is 2.63 bits per heavy atom. The molecule has 0 radical (unpaired) electrons. The number of thiophene rings is 1. The summed E-state index contributed by atoms with van der Waals surface area (Å²) in [6.07, 6.45) is 5.27. The molecule has 0 atom stereocenters. The molecule has 1 aliphatic rings. The van der Waals surface area contributed by atoms with Crippen molar-refractivity contribution in [2.75, 3.05) is 13.1 Å². The smallest absolute Gasteiger partial charge is 0.262 e. The fraction of sp³-hybridized carbons (Fsp3) is 0.381. The van der Waals surface area contributed by atoms with E-state index >= 15 is 0 Å². The van der Waals surface area contributed by atoms with Crippen molar-refractivity contribution in [3.05, 3.63) is 51.9 Å². The minimum Gasteiger partial charge on any atom is -0.343 e. The van der Waals surface area contributed by atoms with Gasteiger partial charge in [0.1, 0.15) is 4.83 Å². The van der Waals surface area contributed by atoms with Crippen LogP contribution in [0.15, 0.2) is 40.8 Å². The van der Waals surface area contributed by atoms with Gasteiger partial charge in [-0.3, -0.25) is 14.2 Å². The van der Waals surface area contributed by atoms with Gasteiger partial charge < -0.3 is 4.90 Å². The summed E-state index contributed by atoms with van der Waals surface area (Å²) in [5.74, 6) is 0.130. The first-order chi connectivity index (χ1) is 13.1. The second-order valence-corrected chi connectivity index (χ2v) is 7.99. The first kappa shape index (κ1) is 17.9. The van der Waals surface area contributed by atoms with Crippen LogP contribution < -0.4 is 5.56 Å². The lowest BCUT2D eigenvalue weighted by Crippen LogP contribution is -2.36. The van der Waals surface area contributed by atoms with Crippen LogP contribution in [0, 0.1) is 6.92 Å². The number of aromatic nitrogens is 2. The van der Waals surface area contributed by atoms with E-state index in [1.165, 1.54) is 23.3 Å². The van der Waals surface area contributed by atoms with Gasteiger partial charge in [-0.2, -0.15) is 0 Å². The molecule has 4 rings (SSSR count). The zero-order valence-electron chi connectivity index (χ0n) is 15.5. The van der Waals surface area contributed by atoms with Gasteiger partial charge in [0.2, 0.25) is 5.91 Å². The summed E-state index contributed by atoms with van der Waals surface area (Å²) in [4.78, 5) is 32.6. The van der Waals surface area contributed by atoms with Crippen molar-refractivity contribution in [3.63, 3.8) is 0 Å². The molecule has 0 N–H and O–H groups in total. The third-order valence-corrected chi connectivity index (χ3v) is 6.08. The minimum atomic E-state index is -0.0664. The van der Waals surface area contributed by atoms with Crippen molar-refractivity contribution in [1.82, 2.24) is 14.5 Å². The normalized spacial score (nSPS) is 14.6. The van der Waals surface area contributed by atoms with Gasteiger partial charge >= 0.3 is 0 Å². The highest BCUT2D eigenvalue weighted by atomic mass is 32.1. The average molecular weight is 382 g/mol. The van der Waals surface area contributed by atoms with Crippen molar-refractivity contribution in [3.8, 4) is 11.1 Å². The van der Waals surface area contributed by atoms with Crippen molar-refractivity contribution in [2.45, 2.75) is 39.2 Å². The molecule has 1 amide bonds. The van der Waals surface area contributed by atoms with Crippen LogP contribution in [0.25, 0.3) is 21.3 Å². The van der Waals surface area contributed by atoms with Gasteiger partial charge in [0.25, 0.3) is 5.56 Å². The zero-order valence-corrected chi connectivity index (χ0v) is 16.3. The van der Waals surface area contributed by atoms with Gasteiger partial charge in [0, 0.05) is 37.0 Å². The molecule has 0 spiro atoms. The van der Waals surface area contributed by atoms with Crippen molar-refractivity contribution in [2.24, 2.45) is 0 Å². The molecule has 6 heteroatoms. The van der Waals surface area contributed by atoms with Crippen LogP contribution >= 0.6 is 11.3 Å². The Morgan fingerprint density at radius 2 is 1.89 bits per heavy atom. The summed E-state index contributed by atoms with van der Waals surface area (Å²) in [5, 5.41) is 2.64. The van der Waals surface area contributed by atoms with Gasteiger partial charge in [-0.05, 0) is 31.7 Å². The molecular formula is C21H23N3O2S. The molecule has 0 unspecified atom stereocenters. The van der Waals surface area contributed by atoms with Gasteiger partial charge in [-0.1, -0.05) is 29.8 Å². The van der Waals surface area contributed by atoms with Crippen LogP contribution in [0.5, 0.6) is 0 Å². The fourth-order valence-corrected chi connectivity index (χ4v) is 4.50. The number of aryl methyl sites for hydroxylation is 2. The second-order valence-electron chi connectivity index (χ2n) is 7.13. The molecule has 1 aliphatic heterocycles. The lowest BCUT2D eigenvalue weighted by atomic mass is 10.1. The summed E-state index contributed by atoms with van der Waals surface area (Å²) in [6.45, 7) is 4.10. The third kappa shape index (κ3) is 3.67.